The molecule has 6 nitrogen and oxygen atoms in total. The quantitative estimate of drug-likeness (QED) is 0.800. The van der Waals surface area contributed by atoms with E-state index in [0.29, 0.717) is 11.4 Å². The molecule has 6 heteroatoms. The Morgan fingerprint density at radius 2 is 2.00 bits per heavy atom. The zero-order valence-electron chi connectivity index (χ0n) is 11.8. The molecule has 3 rings (SSSR count). The molecule has 0 fully saturated rings. The van der Waals surface area contributed by atoms with Crippen LogP contribution in [0.1, 0.15) is 16.1 Å². The van der Waals surface area contributed by atoms with Crippen LogP contribution in [0, 0.1) is 6.92 Å². The zero-order valence-corrected chi connectivity index (χ0v) is 11.8. The second-order valence-electron chi connectivity index (χ2n) is 4.75. The Kier molecular flexibility index (Phi) is 3.27. The van der Waals surface area contributed by atoms with E-state index in [1.165, 1.54) is 0 Å². The lowest BCUT2D eigenvalue weighted by Gasteiger charge is -2.06. The molecule has 0 aliphatic rings. The largest absolute Gasteiger partial charge is 0.307 e. The van der Waals surface area contributed by atoms with Crippen molar-refractivity contribution in [1.29, 1.82) is 0 Å². The highest BCUT2D eigenvalue weighted by Gasteiger charge is 2.09. The van der Waals surface area contributed by atoms with Gasteiger partial charge in [0.15, 0.2) is 0 Å². The third-order valence-electron chi connectivity index (χ3n) is 3.14. The maximum absolute atomic E-state index is 12.2. The van der Waals surface area contributed by atoms with Gasteiger partial charge in [-0.05, 0) is 37.3 Å². The Balaban J connectivity index is 1.77. The number of amides is 1. The molecule has 0 aliphatic carbocycles. The summed E-state index contributed by atoms with van der Waals surface area (Å²) in [5.74, 6) is 0.513. The number of rotatable bonds is 3. The fourth-order valence-electron chi connectivity index (χ4n) is 2.10. The summed E-state index contributed by atoms with van der Waals surface area (Å²) < 4.78 is 3.39. The van der Waals surface area contributed by atoms with Crippen LogP contribution in [0.3, 0.4) is 0 Å². The highest BCUT2D eigenvalue weighted by atomic mass is 16.1. The lowest BCUT2D eigenvalue weighted by Crippen LogP contribution is -2.14. The number of carbonyl (C=O) groups excluding carboxylic acids is 1. The minimum absolute atomic E-state index is 0.162. The van der Waals surface area contributed by atoms with E-state index < -0.39 is 0 Å². The first kappa shape index (κ1) is 13.1. The van der Waals surface area contributed by atoms with Crippen molar-refractivity contribution >= 4 is 11.7 Å². The molecule has 1 N–H and O–H groups in total. The average Bonchev–Trinajstić information content (AvgIpc) is 3.10. The van der Waals surface area contributed by atoms with Gasteiger partial charge in [0.25, 0.3) is 5.91 Å². The van der Waals surface area contributed by atoms with Crippen molar-refractivity contribution < 1.29 is 4.79 Å². The summed E-state index contributed by atoms with van der Waals surface area (Å²) in [6, 6.07) is 10.9. The maximum atomic E-state index is 12.2. The van der Waals surface area contributed by atoms with Crippen molar-refractivity contribution in [2.75, 3.05) is 5.32 Å². The number of anilines is 1. The lowest BCUT2D eigenvalue weighted by molar-refractivity contribution is 0.102. The zero-order chi connectivity index (χ0) is 14.8. The highest BCUT2D eigenvalue weighted by molar-refractivity contribution is 6.03. The lowest BCUT2D eigenvalue weighted by atomic mass is 10.2. The average molecular weight is 281 g/mol. The SMILES string of the molecule is Cc1cc(NC(=O)c2ccc(-n3cccn3)cc2)n(C)n1. The molecular formula is C15H15N5O. The van der Waals surface area contributed by atoms with Crippen LogP contribution in [-0.2, 0) is 7.05 Å². The van der Waals surface area contributed by atoms with Gasteiger partial charge in [-0.2, -0.15) is 10.2 Å². The summed E-state index contributed by atoms with van der Waals surface area (Å²) >= 11 is 0. The number of nitrogens with zero attached hydrogens (tertiary/aromatic N) is 4. The fourth-order valence-corrected chi connectivity index (χ4v) is 2.10. The van der Waals surface area contributed by atoms with Crippen LogP contribution in [0.15, 0.2) is 48.8 Å². The first-order chi connectivity index (χ1) is 10.1. The second kappa shape index (κ2) is 5.24. The van der Waals surface area contributed by atoms with Crippen LogP contribution in [0.25, 0.3) is 5.69 Å². The van der Waals surface area contributed by atoms with E-state index >= 15 is 0 Å². The van der Waals surface area contributed by atoms with Crippen LogP contribution in [0.2, 0.25) is 0 Å². The van der Waals surface area contributed by atoms with E-state index in [4.69, 9.17) is 0 Å². The Bertz CT molecular complexity index is 756. The van der Waals surface area contributed by atoms with Crippen LogP contribution < -0.4 is 5.32 Å². The van der Waals surface area contributed by atoms with Gasteiger partial charge in [-0.3, -0.25) is 9.48 Å². The number of hydrogen-bond acceptors (Lipinski definition) is 3. The predicted octanol–water partition coefficient (Wildman–Crippen LogP) is 2.17. The van der Waals surface area contributed by atoms with Gasteiger partial charge in [0.2, 0.25) is 0 Å². The van der Waals surface area contributed by atoms with Gasteiger partial charge < -0.3 is 5.32 Å². The van der Waals surface area contributed by atoms with Crippen molar-refractivity contribution in [2.45, 2.75) is 6.92 Å². The molecule has 0 saturated carbocycles. The number of hydrogen-bond donors (Lipinski definition) is 1. The van der Waals surface area contributed by atoms with E-state index in [1.54, 1.807) is 34.7 Å². The number of aryl methyl sites for hydroxylation is 2. The molecule has 106 valence electrons. The van der Waals surface area contributed by atoms with Gasteiger partial charge in [-0.25, -0.2) is 4.68 Å². The van der Waals surface area contributed by atoms with Crippen molar-refractivity contribution in [1.82, 2.24) is 19.6 Å². The number of benzene rings is 1. The Labute approximate surface area is 122 Å². The minimum atomic E-state index is -0.162. The van der Waals surface area contributed by atoms with Gasteiger partial charge in [0.05, 0.1) is 11.4 Å². The van der Waals surface area contributed by atoms with E-state index in [9.17, 15) is 4.79 Å². The number of nitrogens with one attached hydrogen (secondary N) is 1. The van der Waals surface area contributed by atoms with Crippen molar-refractivity contribution in [2.24, 2.45) is 7.05 Å². The molecular weight excluding hydrogens is 266 g/mol. The monoisotopic (exact) mass is 281 g/mol. The summed E-state index contributed by atoms with van der Waals surface area (Å²) in [6.45, 7) is 1.88. The van der Waals surface area contributed by atoms with Crippen LogP contribution in [0.4, 0.5) is 5.82 Å². The van der Waals surface area contributed by atoms with Crippen molar-refractivity contribution in [3.05, 3.63) is 60.0 Å². The summed E-state index contributed by atoms with van der Waals surface area (Å²) in [7, 11) is 1.80. The summed E-state index contributed by atoms with van der Waals surface area (Å²) in [6.07, 6.45) is 3.57. The first-order valence-electron chi connectivity index (χ1n) is 6.55. The Morgan fingerprint density at radius 1 is 1.24 bits per heavy atom. The van der Waals surface area contributed by atoms with Gasteiger partial charge >= 0.3 is 0 Å². The summed E-state index contributed by atoms with van der Waals surface area (Å²) in [5, 5.41) is 11.2. The van der Waals surface area contributed by atoms with Gasteiger partial charge in [-0.15, -0.1) is 0 Å². The van der Waals surface area contributed by atoms with Gasteiger partial charge in [0.1, 0.15) is 5.82 Å². The van der Waals surface area contributed by atoms with E-state index in [1.807, 2.05) is 37.4 Å². The minimum Gasteiger partial charge on any atom is -0.307 e. The third kappa shape index (κ3) is 2.69. The van der Waals surface area contributed by atoms with Crippen LogP contribution in [-0.4, -0.2) is 25.5 Å². The molecule has 1 amide bonds. The fraction of sp³-hybridized carbons (Fsp3) is 0.133. The second-order valence-corrected chi connectivity index (χ2v) is 4.75. The maximum Gasteiger partial charge on any atom is 0.256 e. The molecule has 1 aromatic carbocycles. The summed E-state index contributed by atoms with van der Waals surface area (Å²) in [5.41, 5.74) is 2.36. The standard InChI is InChI=1S/C15H15N5O/c1-11-10-14(19(2)18-11)17-15(21)12-4-6-13(7-5-12)20-9-3-8-16-20/h3-10H,1-2H3,(H,17,21). The molecule has 0 spiro atoms. The van der Waals surface area contributed by atoms with Crippen LogP contribution in [0.5, 0.6) is 0 Å². The van der Waals surface area contributed by atoms with E-state index in [-0.39, 0.29) is 5.91 Å². The van der Waals surface area contributed by atoms with E-state index in [2.05, 4.69) is 15.5 Å². The number of aromatic nitrogens is 4. The molecule has 2 heterocycles. The van der Waals surface area contributed by atoms with E-state index in [0.717, 1.165) is 11.4 Å². The predicted molar refractivity (Wildman–Crippen MR) is 79.5 cm³/mol. The Morgan fingerprint density at radius 3 is 2.57 bits per heavy atom. The smallest absolute Gasteiger partial charge is 0.256 e. The van der Waals surface area contributed by atoms with Gasteiger partial charge in [0, 0.05) is 31.1 Å². The number of carbonyl (C=O) groups is 1. The van der Waals surface area contributed by atoms with Crippen molar-refractivity contribution in [3.63, 3.8) is 0 Å². The molecule has 21 heavy (non-hydrogen) atoms. The molecule has 0 radical (unpaired) electrons. The third-order valence-corrected chi connectivity index (χ3v) is 3.14. The highest BCUT2D eigenvalue weighted by Crippen LogP contribution is 2.12. The molecule has 3 aromatic rings. The first-order valence-corrected chi connectivity index (χ1v) is 6.55. The molecule has 0 aliphatic heterocycles. The Hall–Kier alpha value is -2.89. The molecule has 0 unspecified atom stereocenters. The van der Waals surface area contributed by atoms with Crippen LogP contribution >= 0.6 is 0 Å². The molecule has 0 atom stereocenters. The molecule has 0 bridgehead atoms. The normalized spacial score (nSPS) is 10.6. The molecule has 0 saturated heterocycles. The van der Waals surface area contributed by atoms with Gasteiger partial charge in [-0.1, -0.05) is 0 Å². The summed E-state index contributed by atoms with van der Waals surface area (Å²) in [4.78, 5) is 12.2. The topological polar surface area (TPSA) is 64.7 Å². The van der Waals surface area contributed by atoms with Crippen molar-refractivity contribution in [3.8, 4) is 5.69 Å². The molecule has 2 aromatic heterocycles.